The van der Waals surface area contributed by atoms with Crippen molar-refractivity contribution in [2.24, 2.45) is 5.41 Å². The Morgan fingerprint density at radius 2 is 1.13 bits per heavy atom. The molecule has 0 aliphatic carbocycles. The molecule has 0 spiro atoms. The van der Waals surface area contributed by atoms with Gasteiger partial charge in [0.25, 0.3) is 0 Å². The predicted molar refractivity (Wildman–Crippen MR) is 100 cm³/mol. The molecule has 0 aromatic carbocycles. The number of anilines is 1. The molecule has 132 valence electrons. The van der Waals surface area contributed by atoms with E-state index in [9.17, 15) is 0 Å². The molecule has 0 atom stereocenters. The van der Waals surface area contributed by atoms with E-state index in [4.69, 9.17) is 69.6 Å². The van der Waals surface area contributed by atoms with Crippen LogP contribution in [0.15, 0.2) is 0 Å². The number of nitrogens with one attached hydrogen (secondary N) is 1. The Morgan fingerprint density at radius 3 is 1.43 bits per heavy atom. The van der Waals surface area contributed by atoms with Crippen molar-refractivity contribution in [1.82, 2.24) is 15.0 Å². The number of alkyl halides is 6. The van der Waals surface area contributed by atoms with E-state index in [1.165, 1.54) is 0 Å². The molecule has 1 aromatic heterocycles. The SMILES string of the molecule is CC(C)(C)CC(C)(C)Nc1nc(C(Cl)(Cl)Cl)nc(C(Cl)(Cl)Cl)n1. The smallest absolute Gasteiger partial charge is 0.250 e. The van der Waals surface area contributed by atoms with Gasteiger partial charge in [0.05, 0.1) is 0 Å². The molecule has 0 aliphatic heterocycles. The van der Waals surface area contributed by atoms with Crippen molar-refractivity contribution in [3.05, 3.63) is 11.6 Å². The summed E-state index contributed by atoms with van der Waals surface area (Å²) in [6.45, 7) is 10.4. The fraction of sp³-hybridized carbons (Fsp3) is 0.769. The van der Waals surface area contributed by atoms with Crippen LogP contribution in [0.1, 0.15) is 52.7 Å². The summed E-state index contributed by atoms with van der Waals surface area (Å²) < 4.78 is -3.73. The van der Waals surface area contributed by atoms with E-state index in [-0.39, 0.29) is 28.6 Å². The van der Waals surface area contributed by atoms with Crippen LogP contribution in [0.3, 0.4) is 0 Å². The lowest BCUT2D eigenvalue weighted by Crippen LogP contribution is -2.36. The van der Waals surface area contributed by atoms with Crippen LogP contribution in [0.5, 0.6) is 0 Å². The molecule has 0 fully saturated rings. The van der Waals surface area contributed by atoms with Gasteiger partial charge in [-0.05, 0) is 25.7 Å². The number of rotatable bonds is 3. The van der Waals surface area contributed by atoms with E-state index in [0.717, 1.165) is 6.42 Å². The lowest BCUT2D eigenvalue weighted by molar-refractivity contribution is 0.301. The second-order valence-electron chi connectivity index (χ2n) is 7.05. The summed E-state index contributed by atoms with van der Waals surface area (Å²) in [5, 5.41) is 3.19. The molecule has 10 heteroatoms. The Kier molecular flexibility index (Phi) is 6.62. The highest BCUT2D eigenvalue weighted by Crippen LogP contribution is 2.40. The van der Waals surface area contributed by atoms with Gasteiger partial charge in [0, 0.05) is 5.54 Å². The second-order valence-corrected chi connectivity index (χ2v) is 11.6. The lowest BCUT2D eigenvalue weighted by atomic mass is 9.82. The van der Waals surface area contributed by atoms with Gasteiger partial charge < -0.3 is 5.32 Å². The molecule has 1 N–H and O–H groups in total. The van der Waals surface area contributed by atoms with E-state index in [2.05, 4.69) is 41.0 Å². The van der Waals surface area contributed by atoms with Gasteiger partial charge in [0.15, 0.2) is 11.6 Å². The van der Waals surface area contributed by atoms with Crippen molar-refractivity contribution < 1.29 is 0 Å². The van der Waals surface area contributed by atoms with Crippen LogP contribution in [0.2, 0.25) is 0 Å². The Hall–Kier alpha value is 0.550. The van der Waals surface area contributed by atoms with Crippen LogP contribution in [-0.4, -0.2) is 20.5 Å². The van der Waals surface area contributed by atoms with Crippen molar-refractivity contribution in [1.29, 1.82) is 0 Å². The van der Waals surface area contributed by atoms with Crippen LogP contribution in [-0.2, 0) is 7.59 Å². The first-order chi connectivity index (χ1) is 10.00. The molecular weight excluding hydrogens is 425 g/mol. The minimum Gasteiger partial charge on any atom is -0.349 e. The normalized spacial score (nSPS) is 14.0. The summed E-state index contributed by atoms with van der Waals surface area (Å²) >= 11 is 35.1. The zero-order valence-corrected chi connectivity index (χ0v) is 17.9. The quantitative estimate of drug-likeness (QED) is 0.570. The Bertz CT molecular complexity index is 525. The van der Waals surface area contributed by atoms with E-state index < -0.39 is 7.59 Å². The van der Waals surface area contributed by atoms with Crippen molar-refractivity contribution in [2.45, 2.75) is 54.2 Å². The number of hydrogen-bond acceptors (Lipinski definition) is 4. The molecule has 1 aromatic rings. The molecule has 0 aliphatic rings. The molecule has 0 amide bonds. The molecule has 4 nitrogen and oxygen atoms in total. The van der Waals surface area contributed by atoms with Crippen LogP contribution >= 0.6 is 69.6 Å². The minimum absolute atomic E-state index is 0.0830. The highest BCUT2D eigenvalue weighted by Gasteiger charge is 2.35. The Morgan fingerprint density at radius 1 is 0.739 bits per heavy atom. The third-order valence-corrected chi connectivity index (χ3v) is 3.58. The standard InChI is InChI=1S/C13H18Cl6N4/c1-10(2,3)6-11(4,5)23-9-21-7(12(14,15)16)20-8(22-9)13(17,18)19/h6H2,1-5H3,(H,20,21,22,23). The van der Waals surface area contributed by atoms with Gasteiger partial charge in [0.1, 0.15) is 0 Å². The van der Waals surface area contributed by atoms with Crippen LogP contribution < -0.4 is 5.32 Å². The van der Waals surface area contributed by atoms with Crippen LogP contribution in [0, 0.1) is 5.41 Å². The molecule has 1 heterocycles. The largest absolute Gasteiger partial charge is 0.349 e. The minimum atomic E-state index is -1.86. The highest BCUT2D eigenvalue weighted by atomic mass is 35.6. The van der Waals surface area contributed by atoms with Gasteiger partial charge in [-0.1, -0.05) is 90.4 Å². The third kappa shape index (κ3) is 7.54. The Labute approximate surface area is 166 Å². The first kappa shape index (κ1) is 21.6. The number of halogens is 6. The Balaban J connectivity index is 3.26. The summed E-state index contributed by atoms with van der Waals surface area (Å²) in [5.74, 6) is -0.0577. The summed E-state index contributed by atoms with van der Waals surface area (Å²) in [6.07, 6.45) is 0.831. The molecule has 1 rings (SSSR count). The molecular formula is C13H18Cl6N4. The number of nitrogens with zero attached hydrogens (tertiary/aromatic N) is 3. The lowest BCUT2D eigenvalue weighted by Gasteiger charge is -2.33. The fourth-order valence-electron chi connectivity index (χ4n) is 2.36. The van der Waals surface area contributed by atoms with Gasteiger partial charge in [-0.3, -0.25) is 0 Å². The van der Waals surface area contributed by atoms with Gasteiger partial charge in [-0.15, -0.1) is 0 Å². The summed E-state index contributed by atoms with van der Waals surface area (Å²) in [6, 6.07) is 0. The van der Waals surface area contributed by atoms with Crippen molar-refractivity contribution >= 4 is 75.6 Å². The van der Waals surface area contributed by atoms with Gasteiger partial charge >= 0.3 is 0 Å². The first-order valence-electron chi connectivity index (χ1n) is 6.68. The third-order valence-electron chi connectivity index (χ3n) is 2.56. The molecule has 0 unspecified atom stereocenters. The zero-order valence-electron chi connectivity index (χ0n) is 13.3. The predicted octanol–water partition coefficient (Wildman–Crippen LogP) is 6.15. The van der Waals surface area contributed by atoms with E-state index in [0.29, 0.717) is 0 Å². The summed E-state index contributed by atoms with van der Waals surface area (Å²) in [4.78, 5) is 12.2. The maximum atomic E-state index is 5.85. The molecule has 0 saturated heterocycles. The monoisotopic (exact) mass is 440 g/mol. The average molecular weight is 443 g/mol. The van der Waals surface area contributed by atoms with Crippen LogP contribution in [0.25, 0.3) is 0 Å². The summed E-state index contributed by atoms with van der Waals surface area (Å²) in [7, 11) is 0. The maximum absolute atomic E-state index is 5.85. The van der Waals surface area contributed by atoms with E-state index in [1.807, 2.05) is 13.8 Å². The molecule has 0 radical (unpaired) electrons. The first-order valence-corrected chi connectivity index (χ1v) is 8.95. The van der Waals surface area contributed by atoms with Gasteiger partial charge in [0.2, 0.25) is 13.5 Å². The van der Waals surface area contributed by atoms with E-state index in [1.54, 1.807) is 0 Å². The zero-order chi connectivity index (χ0) is 18.3. The highest BCUT2D eigenvalue weighted by molar-refractivity contribution is 6.67. The van der Waals surface area contributed by atoms with Gasteiger partial charge in [-0.25, -0.2) is 4.98 Å². The number of aromatic nitrogens is 3. The second kappa shape index (κ2) is 7.05. The fourth-order valence-corrected chi connectivity index (χ4v) is 2.87. The van der Waals surface area contributed by atoms with Crippen molar-refractivity contribution in [3.8, 4) is 0 Å². The van der Waals surface area contributed by atoms with E-state index >= 15 is 0 Å². The average Bonchev–Trinajstić information content (AvgIpc) is 2.21. The number of hydrogen-bond donors (Lipinski definition) is 1. The molecule has 0 saturated carbocycles. The van der Waals surface area contributed by atoms with Crippen molar-refractivity contribution in [3.63, 3.8) is 0 Å². The topological polar surface area (TPSA) is 50.7 Å². The van der Waals surface area contributed by atoms with Crippen molar-refractivity contribution in [2.75, 3.05) is 5.32 Å². The van der Waals surface area contributed by atoms with Crippen LogP contribution in [0.4, 0.5) is 5.95 Å². The molecule has 23 heavy (non-hydrogen) atoms. The van der Waals surface area contributed by atoms with Gasteiger partial charge in [-0.2, -0.15) is 9.97 Å². The maximum Gasteiger partial charge on any atom is 0.250 e. The molecule has 0 bridgehead atoms. The summed E-state index contributed by atoms with van der Waals surface area (Å²) in [5.41, 5.74) is -0.255.